The van der Waals surface area contributed by atoms with E-state index < -0.39 is 5.91 Å². The van der Waals surface area contributed by atoms with Gasteiger partial charge in [0.15, 0.2) is 0 Å². The third kappa shape index (κ3) is 6.08. The topological polar surface area (TPSA) is 94.4 Å². The lowest BCUT2D eigenvalue weighted by molar-refractivity contribution is -0.117. The summed E-state index contributed by atoms with van der Waals surface area (Å²) in [4.78, 5) is 12.2. The Morgan fingerprint density at radius 3 is 2.48 bits per heavy atom. The van der Waals surface area contributed by atoms with Gasteiger partial charge in [-0.2, -0.15) is 5.26 Å². The number of nitrogens with one attached hydrogen (secondary N) is 2. The van der Waals surface area contributed by atoms with E-state index in [0.29, 0.717) is 13.0 Å². The SMILES string of the molecule is COc1ccc(C(C)N/C=C(/C#N)C(=O)NCCc2ccc(O)cc2)cc1. The number of hydrogen-bond donors (Lipinski definition) is 3. The molecule has 0 aliphatic heterocycles. The van der Waals surface area contributed by atoms with E-state index in [1.165, 1.54) is 6.20 Å². The Bertz CT molecular complexity index is 821. The van der Waals surface area contributed by atoms with Gasteiger partial charge in [-0.3, -0.25) is 4.79 Å². The summed E-state index contributed by atoms with van der Waals surface area (Å²) in [5, 5.41) is 24.3. The molecule has 1 unspecified atom stereocenters. The van der Waals surface area contributed by atoms with Crippen LogP contribution >= 0.6 is 0 Å². The van der Waals surface area contributed by atoms with Gasteiger partial charge in [-0.15, -0.1) is 0 Å². The summed E-state index contributed by atoms with van der Waals surface area (Å²) in [6.45, 7) is 2.34. The Morgan fingerprint density at radius 2 is 1.89 bits per heavy atom. The van der Waals surface area contributed by atoms with Crippen LogP contribution in [-0.4, -0.2) is 24.7 Å². The Labute approximate surface area is 159 Å². The van der Waals surface area contributed by atoms with Crippen molar-refractivity contribution in [3.63, 3.8) is 0 Å². The van der Waals surface area contributed by atoms with Crippen molar-refractivity contribution in [2.45, 2.75) is 19.4 Å². The van der Waals surface area contributed by atoms with Crippen molar-refractivity contribution in [3.05, 3.63) is 71.4 Å². The molecule has 6 heteroatoms. The zero-order valence-corrected chi connectivity index (χ0v) is 15.4. The highest BCUT2D eigenvalue weighted by Crippen LogP contribution is 2.17. The highest BCUT2D eigenvalue weighted by molar-refractivity contribution is 5.97. The number of rotatable bonds is 8. The molecule has 27 heavy (non-hydrogen) atoms. The first-order chi connectivity index (χ1) is 13.0. The maximum atomic E-state index is 12.2. The first-order valence-corrected chi connectivity index (χ1v) is 8.60. The fourth-order valence-electron chi connectivity index (χ4n) is 2.42. The summed E-state index contributed by atoms with van der Waals surface area (Å²) in [5.41, 5.74) is 2.01. The molecule has 0 bridgehead atoms. The second-order valence-electron chi connectivity index (χ2n) is 6.00. The monoisotopic (exact) mass is 365 g/mol. The molecule has 0 saturated heterocycles. The van der Waals surface area contributed by atoms with Gasteiger partial charge in [-0.1, -0.05) is 24.3 Å². The van der Waals surface area contributed by atoms with Crippen LogP contribution in [-0.2, 0) is 11.2 Å². The predicted octanol–water partition coefficient (Wildman–Crippen LogP) is 2.82. The van der Waals surface area contributed by atoms with Gasteiger partial charge in [0.05, 0.1) is 7.11 Å². The number of carbonyl (C=O) groups excluding carboxylic acids is 1. The fourth-order valence-corrected chi connectivity index (χ4v) is 2.42. The molecule has 0 saturated carbocycles. The molecule has 0 aliphatic carbocycles. The third-order valence-electron chi connectivity index (χ3n) is 4.09. The molecule has 1 atom stereocenters. The number of nitrogens with zero attached hydrogens (tertiary/aromatic N) is 1. The van der Waals surface area contributed by atoms with Gasteiger partial charge in [0.2, 0.25) is 0 Å². The van der Waals surface area contributed by atoms with E-state index in [0.717, 1.165) is 16.9 Å². The third-order valence-corrected chi connectivity index (χ3v) is 4.09. The smallest absolute Gasteiger partial charge is 0.263 e. The van der Waals surface area contributed by atoms with Crippen molar-refractivity contribution in [3.8, 4) is 17.6 Å². The molecule has 2 rings (SSSR count). The van der Waals surface area contributed by atoms with Gasteiger partial charge in [0.1, 0.15) is 23.1 Å². The van der Waals surface area contributed by atoms with Gasteiger partial charge in [-0.25, -0.2) is 0 Å². The van der Waals surface area contributed by atoms with Crippen LogP contribution in [0.15, 0.2) is 60.3 Å². The van der Waals surface area contributed by atoms with Crippen LogP contribution in [0.25, 0.3) is 0 Å². The number of carbonyl (C=O) groups is 1. The number of amides is 1. The molecule has 0 heterocycles. The van der Waals surface area contributed by atoms with Crippen LogP contribution < -0.4 is 15.4 Å². The van der Waals surface area contributed by atoms with Crippen molar-refractivity contribution in [1.82, 2.24) is 10.6 Å². The van der Waals surface area contributed by atoms with Crippen molar-refractivity contribution in [2.24, 2.45) is 0 Å². The number of ether oxygens (including phenoxy) is 1. The summed E-state index contributed by atoms with van der Waals surface area (Å²) >= 11 is 0. The fraction of sp³-hybridized carbons (Fsp3) is 0.238. The maximum Gasteiger partial charge on any atom is 0.263 e. The molecule has 0 aliphatic rings. The molecule has 0 fully saturated rings. The number of phenols is 1. The minimum atomic E-state index is -0.425. The molecule has 0 radical (unpaired) electrons. The lowest BCUT2D eigenvalue weighted by Crippen LogP contribution is -2.28. The average molecular weight is 365 g/mol. The van der Waals surface area contributed by atoms with Crippen molar-refractivity contribution in [1.29, 1.82) is 5.26 Å². The molecular weight excluding hydrogens is 342 g/mol. The number of methoxy groups -OCH3 is 1. The quantitative estimate of drug-likeness (QED) is 0.494. The van der Waals surface area contributed by atoms with Gasteiger partial charge in [0, 0.05) is 18.8 Å². The number of benzene rings is 2. The van der Waals surface area contributed by atoms with E-state index in [4.69, 9.17) is 4.74 Å². The van der Waals surface area contributed by atoms with E-state index in [2.05, 4.69) is 10.6 Å². The Balaban J connectivity index is 1.87. The first-order valence-electron chi connectivity index (χ1n) is 8.60. The van der Waals surface area contributed by atoms with Crippen LogP contribution in [0.5, 0.6) is 11.5 Å². The van der Waals surface area contributed by atoms with Crippen LogP contribution in [0.2, 0.25) is 0 Å². The molecule has 0 spiro atoms. The van der Waals surface area contributed by atoms with E-state index in [1.54, 1.807) is 31.4 Å². The van der Waals surface area contributed by atoms with Crippen molar-refractivity contribution >= 4 is 5.91 Å². The normalized spacial score (nSPS) is 12.0. The molecule has 0 aromatic heterocycles. The largest absolute Gasteiger partial charge is 0.508 e. The molecule has 3 N–H and O–H groups in total. The predicted molar refractivity (Wildman–Crippen MR) is 103 cm³/mol. The second kappa shape index (κ2) is 9.88. The van der Waals surface area contributed by atoms with Crippen molar-refractivity contribution in [2.75, 3.05) is 13.7 Å². The summed E-state index contributed by atoms with van der Waals surface area (Å²) in [7, 11) is 1.61. The van der Waals surface area contributed by atoms with Crippen LogP contribution in [0.4, 0.5) is 0 Å². The van der Waals surface area contributed by atoms with Gasteiger partial charge < -0.3 is 20.5 Å². The van der Waals surface area contributed by atoms with Crippen LogP contribution in [0, 0.1) is 11.3 Å². The number of nitriles is 1. The summed E-state index contributed by atoms with van der Waals surface area (Å²) in [6.07, 6.45) is 2.05. The molecular formula is C21H23N3O3. The zero-order chi connectivity index (χ0) is 19.6. The molecule has 1 amide bonds. The lowest BCUT2D eigenvalue weighted by Gasteiger charge is -2.13. The lowest BCUT2D eigenvalue weighted by atomic mass is 10.1. The van der Waals surface area contributed by atoms with Gasteiger partial charge in [0.25, 0.3) is 5.91 Å². The highest BCUT2D eigenvalue weighted by Gasteiger charge is 2.10. The Hall–Kier alpha value is -3.46. The zero-order valence-electron chi connectivity index (χ0n) is 15.4. The number of aromatic hydroxyl groups is 1. The van der Waals surface area contributed by atoms with Crippen LogP contribution in [0.3, 0.4) is 0 Å². The Morgan fingerprint density at radius 1 is 1.22 bits per heavy atom. The maximum absolute atomic E-state index is 12.2. The molecule has 2 aromatic carbocycles. The summed E-state index contributed by atoms with van der Waals surface area (Å²) < 4.78 is 5.13. The molecule has 140 valence electrons. The molecule has 2 aromatic rings. The van der Waals surface area contributed by atoms with E-state index in [1.807, 2.05) is 37.3 Å². The average Bonchev–Trinajstić information content (AvgIpc) is 2.70. The first kappa shape index (κ1) is 19.9. The van der Waals surface area contributed by atoms with E-state index in [-0.39, 0.29) is 17.4 Å². The standard InChI is InChI=1S/C21H23N3O3/c1-15(17-5-9-20(27-2)10-6-17)24-14-18(13-22)21(26)23-12-11-16-3-7-19(25)8-4-16/h3-10,14-15,24-25H,11-12H2,1-2H3,(H,23,26)/b18-14-. The molecule has 6 nitrogen and oxygen atoms in total. The van der Waals surface area contributed by atoms with Crippen molar-refractivity contribution < 1.29 is 14.6 Å². The van der Waals surface area contributed by atoms with E-state index >= 15 is 0 Å². The number of phenolic OH excluding ortho intramolecular Hbond substituents is 1. The van der Waals surface area contributed by atoms with Gasteiger partial charge in [-0.05, 0) is 48.7 Å². The number of hydrogen-bond acceptors (Lipinski definition) is 5. The van der Waals surface area contributed by atoms with Crippen LogP contribution in [0.1, 0.15) is 24.1 Å². The Kier molecular flexibility index (Phi) is 7.26. The summed E-state index contributed by atoms with van der Waals surface area (Å²) in [5.74, 6) is 0.549. The highest BCUT2D eigenvalue weighted by atomic mass is 16.5. The minimum absolute atomic E-state index is 0.0149. The van der Waals surface area contributed by atoms with Gasteiger partial charge >= 0.3 is 0 Å². The van der Waals surface area contributed by atoms with E-state index in [9.17, 15) is 15.2 Å². The minimum Gasteiger partial charge on any atom is -0.508 e. The second-order valence-corrected chi connectivity index (χ2v) is 6.00. The summed E-state index contributed by atoms with van der Waals surface area (Å²) in [6, 6.07) is 16.2.